The molecule has 1 aliphatic rings. The number of para-hydroxylation sites is 1. The van der Waals surface area contributed by atoms with Crippen LogP contribution in [0.5, 0.6) is 11.5 Å². The highest BCUT2D eigenvalue weighted by atomic mass is 35.5. The Morgan fingerprint density at radius 3 is 2.60 bits per heavy atom. The molecule has 1 aliphatic heterocycles. The van der Waals surface area contributed by atoms with Gasteiger partial charge in [-0.25, -0.2) is 0 Å². The second-order valence-electron chi connectivity index (χ2n) is 10.0. The van der Waals surface area contributed by atoms with Crippen LogP contribution < -0.4 is 15.6 Å². The minimum absolute atomic E-state index is 0.152. The second kappa shape index (κ2) is 12.9. The van der Waals surface area contributed by atoms with Gasteiger partial charge >= 0.3 is 5.97 Å². The summed E-state index contributed by atoms with van der Waals surface area (Å²) < 4.78 is 12.5. The highest BCUT2D eigenvalue weighted by molar-refractivity contribution is 6.32. The fraction of sp³-hybridized carbons (Fsp3) is 0.250. The number of carbonyl (C=O) groups excluding carboxylic acids is 2. The van der Waals surface area contributed by atoms with Crippen LogP contribution in [0.2, 0.25) is 5.02 Å². The summed E-state index contributed by atoms with van der Waals surface area (Å²) in [5, 5.41) is 7.85. The van der Waals surface area contributed by atoms with E-state index in [1.165, 1.54) is 10.9 Å². The van der Waals surface area contributed by atoms with Crippen molar-refractivity contribution in [1.82, 2.24) is 14.7 Å². The first-order chi connectivity index (χ1) is 20.3. The van der Waals surface area contributed by atoms with Crippen LogP contribution in [0.3, 0.4) is 0 Å². The van der Waals surface area contributed by atoms with Gasteiger partial charge in [-0.3, -0.25) is 14.4 Å². The van der Waals surface area contributed by atoms with Crippen molar-refractivity contribution in [2.75, 3.05) is 25.0 Å². The molecule has 1 unspecified atom stereocenters. The molecule has 5 rings (SSSR count). The molecule has 0 radical (unpaired) electrons. The molecule has 1 N–H and O–H groups in total. The number of hydrogen-bond acceptors (Lipinski definition) is 7. The van der Waals surface area contributed by atoms with Crippen LogP contribution in [0.1, 0.15) is 35.7 Å². The van der Waals surface area contributed by atoms with Crippen LogP contribution in [-0.2, 0) is 9.53 Å². The lowest BCUT2D eigenvalue weighted by Gasteiger charge is -2.31. The third-order valence-corrected chi connectivity index (χ3v) is 7.29. The van der Waals surface area contributed by atoms with E-state index in [-0.39, 0.29) is 29.2 Å². The van der Waals surface area contributed by atoms with Gasteiger partial charge in [0.25, 0.3) is 11.5 Å². The van der Waals surface area contributed by atoms with E-state index in [9.17, 15) is 14.4 Å². The van der Waals surface area contributed by atoms with Crippen molar-refractivity contribution in [3.63, 3.8) is 0 Å². The third kappa shape index (κ3) is 6.47. The Morgan fingerprint density at radius 1 is 1.07 bits per heavy atom. The predicted octanol–water partition coefficient (Wildman–Crippen LogP) is 6.15. The SMILES string of the molecule is CCOC(=O)C1CCCN(C(=O)c2ccc(Nc3c(Oc4cccc(C)c4)cnn(-c4ccccc4Cl)c3=O)cc2)C1. The topological polar surface area (TPSA) is 103 Å². The number of benzene rings is 3. The molecule has 0 bridgehead atoms. The normalized spacial score (nSPS) is 14.7. The highest BCUT2D eigenvalue weighted by Gasteiger charge is 2.29. The summed E-state index contributed by atoms with van der Waals surface area (Å²) in [7, 11) is 0. The molecule has 1 saturated heterocycles. The van der Waals surface area contributed by atoms with Crippen molar-refractivity contribution in [1.29, 1.82) is 0 Å². The number of hydrogen-bond donors (Lipinski definition) is 1. The average Bonchev–Trinajstić information content (AvgIpc) is 3.00. The summed E-state index contributed by atoms with van der Waals surface area (Å²) in [6, 6.07) is 21.2. The van der Waals surface area contributed by atoms with Crippen molar-refractivity contribution in [2.24, 2.45) is 5.92 Å². The quantitative estimate of drug-likeness (QED) is 0.247. The Morgan fingerprint density at radius 2 is 1.86 bits per heavy atom. The van der Waals surface area contributed by atoms with Crippen LogP contribution in [-0.4, -0.2) is 46.3 Å². The number of ether oxygens (including phenoxy) is 2. The average molecular weight is 587 g/mol. The fourth-order valence-corrected chi connectivity index (χ4v) is 5.08. The van der Waals surface area contributed by atoms with Gasteiger partial charge in [-0.1, -0.05) is 35.9 Å². The maximum Gasteiger partial charge on any atom is 0.310 e. The van der Waals surface area contributed by atoms with Crippen molar-refractivity contribution >= 4 is 34.9 Å². The van der Waals surface area contributed by atoms with Crippen LogP contribution in [0, 0.1) is 12.8 Å². The molecule has 0 spiro atoms. The van der Waals surface area contributed by atoms with Crippen LogP contribution >= 0.6 is 11.6 Å². The van der Waals surface area contributed by atoms with Gasteiger partial charge in [-0.05, 0) is 80.8 Å². The number of halogens is 1. The van der Waals surface area contributed by atoms with Crippen LogP contribution in [0.15, 0.2) is 83.8 Å². The van der Waals surface area contributed by atoms with E-state index in [0.29, 0.717) is 53.8 Å². The fourth-order valence-electron chi connectivity index (χ4n) is 4.87. The van der Waals surface area contributed by atoms with Gasteiger partial charge in [-0.2, -0.15) is 9.78 Å². The number of amides is 1. The molecule has 1 amide bonds. The summed E-state index contributed by atoms with van der Waals surface area (Å²) in [6.07, 6.45) is 2.90. The van der Waals surface area contributed by atoms with Gasteiger partial charge in [0, 0.05) is 24.3 Å². The molecule has 42 heavy (non-hydrogen) atoms. The highest BCUT2D eigenvalue weighted by Crippen LogP contribution is 2.30. The van der Waals surface area contributed by atoms with Gasteiger partial charge in [0.05, 0.1) is 29.4 Å². The number of esters is 1. The molecular formula is C32H31ClN4O5. The first kappa shape index (κ1) is 28.9. The zero-order valence-electron chi connectivity index (χ0n) is 23.4. The molecule has 3 aromatic carbocycles. The van der Waals surface area contributed by atoms with Gasteiger partial charge in [0.1, 0.15) is 5.75 Å². The van der Waals surface area contributed by atoms with E-state index >= 15 is 0 Å². The van der Waals surface area contributed by atoms with E-state index in [1.807, 2.05) is 25.1 Å². The summed E-state index contributed by atoms with van der Waals surface area (Å²) in [5.41, 5.74) is 2.16. The second-order valence-corrected chi connectivity index (χ2v) is 10.4. The van der Waals surface area contributed by atoms with Gasteiger partial charge in [0.15, 0.2) is 11.4 Å². The Labute approximate surface area is 248 Å². The smallest absolute Gasteiger partial charge is 0.310 e. The number of carbonyl (C=O) groups is 2. The third-order valence-electron chi connectivity index (χ3n) is 6.97. The molecule has 0 saturated carbocycles. The van der Waals surface area contributed by atoms with E-state index in [4.69, 9.17) is 21.1 Å². The molecule has 0 aliphatic carbocycles. The number of aromatic nitrogens is 2. The van der Waals surface area contributed by atoms with Crippen molar-refractivity contribution < 1.29 is 19.1 Å². The lowest BCUT2D eigenvalue weighted by atomic mass is 9.97. The summed E-state index contributed by atoms with van der Waals surface area (Å²) in [6.45, 7) is 4.94. The van der Waals surface area contributed by atoms with Gasteiger partial charge in [0.2, 0.25) is 0 Å². The number of likely N-dealkylation sites (tertiary alicyclic amines) is 1. The predicted molar refractivity (Wildman–Crippen MR) is 161 cm³/mol. The molecule has 10 heteroatoms. The molecule has 4 aromatic rings. The lowest BCUT2D eigenvalue weighted by Crippen LogP contribution is -2.42. The molecule has 1 atom stereocenters. The maximum atomic E-state index is 13.7. The number of nitrogens with one attached hydrogen (secondary N) is 1. The van der Waals surface area contributed by atoms with E-state index < -0.39 is 5.56 Å². The van der Waals surface area contributed by atoms with Gasteiger partial charge < -0.3 is 19.7 Å². The molecule has 9 nitrogen and oxygen atoms in total. The molecular weight excluding hydrogens is 556 g/mol. The van der Waals surface area contributed by atoms with E-state index in [1.54, 1.807) is 66.4 Å². The Hall–Kier alpha value is -4.63. The lowest BCUT2D eigenvalue weighted by molar-refractivity contribution is -0.149. The number of piperidine rings is 1. The van der Waals surface area contributed by atoms with E-state index in [0.717, 1.165) is 12.0 Å². The number of rotatable bonds is 8. The minimum atomic E-state index is -0.466. The Bertz CT molecular complexity index is 1650. The standard InChI is InChI=1S/C32H31ClN4O5/c1-3-41-32(40)23-9-7-17-36(20-23)30(38)22-13-15-24(16-14-22)35-29-28(42-25-10-6-8-21(2)18-25)19-34-37(31(29)39)27-12-5-4-11-26(27)33/h4-6,8,10-16,18-19,23,35H,3,7,9,17,20H2,1-2H3. The minimum Gasteiger partial charge on any atom is -0.466 e. The van der Waals surface area contributed by atoms with Crippen LogP contribution in [0.25, 0.3) is 5.69 Å². The van der Waals surface area contributed by atoms with Gasteiger partial charge in [-0.15, -0.1) is 0 Å². The van der Waals surface area contributed by atoms with E-state index in [2.05, 4.69) is 10.4 Å². The largest absolute Gasteiger partial charge is 0.466 e. The molecule has 2 heterocycles. The van der Waals surface area contributed by atoms with Crippen molar-refractivity contribution in [3.8, 4) is 17.2 Å². The molecule has 216 valence electrons. The number of anilines is 2. The van der Waals surface area contributed by atoms with Crippen molar-refractivity contribution in [2.45, 2.75) is 26.7 Å². The summed E-state index contributed by atoms with van der Waals surface area (Å²) >= 11 is 6.37. The summed E-state index contributed by atoms with van der Waals surface area (Å²) in [5.74, 6) is 0.0372. The molecule has 1 aromatic heterocycles. The number of nitrogens with zero attached hydrogens (tertiary/aromatic N) is 3. The summed E-state index contributed by atoms with van der Waals surface area (Å²) in [4.78, 5) is 40.9. The Kier molecular flexibility index (Phi) is 8.88. The van der Waals surface area contributed by atoms with Crippen molar-refractivity contribution in [3.05, 3.63) is 105 Å². The maximum absolute atomic E-state index is 13.7. The molecule has 1 fully saturated rings. The monoisotopic (exact) mass is 586 g/mol. The zero-order valence-corrected chi connectivity index (χ0v) is 24.1. The number of aryl methyl sites for hydroxylation is 1. The van der Waals surface area contributed by atoms with Crippen LogP contribution in [0.4, 0.5) is 11.4 Å². The first-order valence-electron chi connectivity index (χ1n) is 13.8. The first-order valence-corrected chi connectivity index (χ1v) is 14.2. The Balaban J connectivity index is 1.42. The zero-order chi connectivity index (χ0) is 29.6.